The summed E-state index contributed by atoms with van der Waals surface area (Å²) in [6.45, 7) is 0.425. The maximum atomic E-state index is 11.0. The molecule has 1 heterocycles. The molecular formula is C7H8N4O. The molecule has 0 saturated heterocycles. The predicted molar refractivity (Wildman–Crippen MR) is 42.3 cm³/mol. The van der Waals surface area contributed by atoms with Gasteiger partial charge in [-0.3, -0.25) is 4.79 Å². The van der Waals surface area contributed by atoms with Crippen LogP contribution in [-0.4, -0.2) is 16.5 Å². The van der Waals surface area contributed by atoms with Crippen LogP contribution in [0.2, 0.25) is 0 Å². The highest BCUT2D eigenvalue weighted by molar-refractivity contribution is 5.21. The van der Waals surface area contributed by atoms with Crippen LogP contribution in [0.4, 0.5) is 0 Å². The molecule has 0 aliphatic rings. The normalized spacial score (nSPS) is 9.33. The van der Waals surface area contributed by atoms with Gasteiger partial charge in [0.25, 0.3) is 5.56 Å². The zero-order chi connectivity index (χ0) is 8.97. The molecule has 0 unspecified atom stereocenters. The van der Waals surface area contributed by atoms with Crippen LogP contribution < -0.4 is 11.3 Å². The topological polar surface area (TPSA) is 95.6 Å². The van der Waals surface area contributed by atoms with E-state index in [9.17, 15) is 4.79 Å². The number of nitriles is 1. The van der Waals surface area contributed by atoms with E-state index in [0.717, 1.165) is 0 Å². The number of hydrogen-bond acceptors (Lipinski definition) is 4. The number of nitrogens with one attached hydrogen (secondary N) is 1. The Balaban J connectivity index is 3.04. The van der Waals surface area contributed by atoms with Crippen LogP contribution in [0.5, 0.6) is 0 Å². The van der Waals surface area contributed by atoms with Crippen LogP contribution in [-0.2, 0) is 6.42 Å². The molecule has 1 rings (SSSR count). The van der Waals surface area contributed by atoms with Gasteiger partial charge in [-0.25, -0.2) is 4.98 Å². The van der Waals surface area contributed by atoms with Crippen molar-refractivity contribution in [3.8, 4) is 6.07 Å². The van der Waals surface area contributed by atoms with Crippen molar-refractivity contribution in [2.24, 2.45) is 5.73 Å². The summed E-state index contributed by atoms with van der Waals surface area (Å²) in [5.41, 5.74) is 4.87. The van der Waals surface area contributed by atoms with E-state index < -0.39 is 5.56 Å². The first-order valence-electron chi connectivity index (χ1n) is 3.46. The maximum Gasteiger partial charge on any atom is 0.268 e. The van der Waals surface area contributed by atoms with Crippen LogP contribution in [0, 0.1) is 11.3 Å². The average molecular weight is 164 g/mol. The Kier molecular flexibility index (Phi) is 2.56. The van der Waals surface area contributed by atoms with E-state index >= 15 is 0 Å². The van der Waals surface area contributed by atoms with Gasteiger partial charge in [-0.2, -0.15) is 5.26 Å². The maximum absolute atomic E-state index is 11.0. The van der Waals surface area contributed by atoms with Crippen molar-refractivity contribution in [2.75, 3.05) is 6.54 Å². The lowest BCUT2D eigenvalue weighted by Crippen LogP contribution is -2.16. The van der Waals surface area contributed by atoms with E-state index in [1.54, 1.807) is 6.07 Å². The van der Waals surface area contributed by atoms with E-state index in [2.05, 4.69) is 9.97 Å². The van der Waals surface area contributed by atoms with Gasteiger partial charge in [-0.05, 0) is 6.54 Å². The number of aromatic nitrogens is 2. The number of nitrogens with two attached hydrogens (primary N) is 1. The highest BCUT2D eigenvalue weighted by Crippen LogP contribution is 1.87. The van der Waals surface area contributed by atoms with Gasteiger partial charge in [0.15, 0.2) is 0 Å². The molecule has 0 amide bonds. The summed E-state index contributed by atoms with van der Waals surface area (Å²) in [4.78, 5) is 17.3. The van der Waals surface area contributed by atoms with E-state index in [1.165, 1.54) is 6.20 Å². The third-order valence-electron chi connectivity index (χ3n) is 1.35. The molecule has 0 spiro atoms. The van der Waals surface area contributed by atoms with Crippen LogP contribution in [0.15, 0.2) is 11.0 Å². The molecule has 0 radical (unpaired) electrons. The molecule has 5 nitrogen and oxygen atoms in total. The molecule has 62 valence electrons. The molecule has 3 N–H and O–H groups in total. The highest BCUT2D eigenvalue weighted by Gasteiger charge is 1.99. The van der Waals surface area contributed by atoms with Gasteiger partial charge in [-0.15, -0.1) is 0 Å². The predicted octanol–water partition coefficient (Wildman–Crippen LogP) is -0.857. The Bertz CT molecular complexity index is 362. The Morgan fingerprint density at radius 3 is 3.00 bits per heavy atom. The lowest BCUT2D eigenvalue weighted by atomic mass is 10.3. The van der Waals surface area contributed by atoms with Crippen molar-refractivity contribution < 1.29 is 0 Å². The summed E-state index contributed by atoms with van der Waals surface area (Å²) >= 11 is 0. The minimum absolute atomic E-state index is 0.0239. The van der Waals surface area contributed by atoms with Crippen molar-refractivity contribution in [2.45, 2.75) is 6.42 Å². The molecule has 5 heteroatoms. The standard InChI is InChI=1S/C7H8N4O/c8-2-1-6-10-4-5(3-9)7(12)11-6/h4H,1-2,8H2,(H,10,11,12). The van der Waals surface area contributed by atoms with Crippen LogP contribution in [0.25, 0.3) is 0 Å². The summed E-state index contributed by atoms with van der Waals surface area (Å²) in [6.07, 6.45) is 1.77. The first-order valence-corrected chi connectivity index (χ1v) is 3.46. The summed E-state index contributed by atoms with van der Waals surface area (Å²) in [5, 5.41) is 8.40. The molecule has 0 fully saturated rings. The van der Waals surface area contributed by atoms with Gasteiger partial charge in [-0.1, -0.05) is 0 Å². The average Bonchev–Trinajstić information content (AvgIpc) is 2.05. The second-order valence-electron chi connectivity index (χ2n) is 2.22. The van der Waals surface area contributed by atoms with E-state index in [1.807, 2.05) is 0 Å². The van der Waals surface area contributed by atoms with E-state index in [0.29, 0.717) is 18.8 Å². The van der Waals surface area contributed by atoms with Crippen molar-refractivity contribution in [3.05, 3.63) is 27.9 Å². The number of hydrogen-bond donors (Lipinski definition) is 2. The number of nitrogens with zero attached hydrogens (tertiary/aromatic N) is 2. The lowest BCUT2D eigenvalue weighted by molar-refractivity contribution is 0.853. The minimum atomic E-state index is -0.407. The molecule has 0 aliphatic carbocycles. The summed E-state index contributed by atoms with van der Waals surface area (Å²) < 4.78 is 0. The summed E-state index contributed by atoms with van der Waals surface area (Å²) in [6, 6.07) is 1.73. The molecule has 12 heavy (non-hydrogen) atoms. The van der Waals surface area contributed by atoms with Crippen molar-refractivity contribution in [3.63, 3.8) is 0 Å². The molecule has 0 aromatic carbocycles. The Labute approximate surface area is 68.9 Å². The molecule has 0 atom stereocenters. The quantitative estimate of drug-likeness (QED) is 0.594. The minimum Gasteiger partial charge on any atom is -0.330 e. The first-order chi connectivity index (χ1) is 5.77. The second kappa shape index (κ2) is 3.64. The van der Waals surface area contributed by atoms with E-state index in [4.69, 9.17) is 11.0 Å². The monoisotopic (exact) mass is 164 g/mol. The van der Waals surface area contributed by atoms with Gasteiger partial charge < -0.3 is 10.7 Å². The van der Waals surface area contributed by atoms with Crippen molar-refractivity contribution in [1.29, 1.82) is 5.26 Å². The van der Waals surface area contributed by atoms with Crippen LogP contribution in [0.1, 0.15) is 11.4 Å². The second-order valence-corrected chi connectivity index (χ2v) is 2.22. The fourth-order valence-corrected chi connectivity index (χ4v) is 0.775. The zero-order valence-electron chi connectivity index (χ0n) is 6.37. The Hall–Kier alpha value is -1.67. The Morgan fingerprint density at radius 1 is 1.75 bits per heavy atom. The molecule has 0 saturated carbocycles. The number of aromatic amines is 1. The summed E-state index contributed by atoms with van der Waals surface area (Å²) in [5.74, 6) is 0.515. The molecule has 1 aromatic heterocycles. The van der Waals surface area contributed by atoms with Gasteiger partial charge in [0.2, 0.25) is 0 Å². The van der Waals surface area contributed by atoms with Crippen molar-refractivity contribution >= 4 is 0 Å². The highest BCUT2D eigenvalue weighted by atomic mass is 16.1. The van der Waals surface area contributed by atoms with Gasteiger partial charge in [0, 0.05) is 6.42 Å². The smallest absolute Gasteiger partial charge is 0.268 e. The fraction of sp³-hybridized carbons (Fsp3) is 0.286. The number of rotatable bonds is 2. The fourth-order valence-electron chi connectivity index (χ4n) is 0.775. The number of H-pyrrole nitrogens is 1. The Morgan fingerprint density at radius 2 is 2.50 bits per heavy atom. The third kappa shape index (κ3) is 1.68. The largest absolute Gasteiger partial charge is 0.330 e. The van der Waals surface area contributed by atoms with Gasteiger partial charge in [0.05, 0.1) is 6.20 Å². The van der Waals surface area contributed by atoms with E-state index in [-0.39, 0.29) is 5.56 Å². The SMILES string of the molecule is N#Cc1cnc(CCN)[nH]c1=O. The van der Waals surface area contributed by atoms with Gasteiger partial charge >= 0.3 is 0 Å². The third-order valence-corrected chi connectivity index (χ3v) is 1.35. The molecule has 1 aromatic rings. The summed E-state index contributed by atoms with van der Waals surface area (Å²) in [7, 11) is 0. The molecular weight excluding hydrogens is 156 g/mol. The molecule has 0 bridgehead atoms. The van der Waals surface area contributed by atoms with Crippen LogP contribution in [0.3, 0.4) is 0 Å². The first kappa shape index (κ1) is 8.43. The molecule has 0 aliphatic heterocycles. The van der Waals surface area contributed by atoms with Crippen molar-refractivity contribution in [1.82, 2.24) is 9.97 Å². The van der Waals surface area contributed by atoms with Crippen LogP contribution >= 0.6 is 0 Å². The van der Waals surface area contributed by atoms with Gasteiger partial charge in [0.1, 0.15) is 17.5 Å². The lowest BCUT2D eigenvalue weighted by Gasteiger charge is -1.95. The zero-order valence-corrected chi connectivity index (χ0v) is 6.37.